The Balaban J connectivity index is 1.96. The number of amides is 1. The number of hydrogen-bond donors (Lipinski definition) is 0. The summed E-state index contributed by atoms with van der Waals surface area (Å²) in [6, 6.07) is 21.8. The molecule has 1 unspecified atom stereocenters. The third-order valence-corrected chi connectivity index (χ3v) is 4.52. The SMILES string of the molecule is Cc1ccc(C(=O)C(=O)N(C)C(c2ccccc2)c2ccc(F)cc2)cc1. The highest BCUT2D eigenvalue weighted by Gasteiger charge is 2.28. The van der Waals surface area contributed by atoms with E-state index in [9.17, 15) is 14.0 Å². The first-order chi connectivity index (χ1) is 13.0. The van der Waals surface area contributed by atoms with Crippen molar-refractivity contribution in [3.05, 3.63) is 107 Å². The zero-order valence-electron chi connectivity index (χ0n) is 15.2. The fourth-order valence-electron chi connectivity index (χ4n) is 3.03. The van der Waals surface area contributed by atoms with Crippen LogP contribution in [0.2, 0.25) is 0 Å². The molecule has 0 aromatic heterocycles. The van der Waals surface area contributed by atoms with Gasteiger partial charge in [0.25, 0.3) is 5.91 Å². The van der Waals surface area contributed by atoms with Crippen LogP contribution < -0.4 is 0 Å². The van der Waals surface area contributed by atoms with Gasteiger partial charge >= 0.3 is 0 Å². The molecule has 0 radical (unpaired) electrons. The number of rotatable bonds is 5. The standard InChI is InChI=1S/C23H20FNO2/c1-16-8-10-19(11-9-16)22(26)23(27)25(2)21(17-6-4-3-5-7-17)18-12-14-20(24)15-13-18/h3-15,21H,1-2H3. The summed E-state index contributed by atoms with van der Waals surface area (Å²) in [6.07, 6.45) is 0. The van der Waals surface area contributed by atoms with Crippen LogP contribution in [0.4, 0.5) is 4.39 Å². The lowest BCUT2D eigenvalue weighted by Crippen LogP contribution is -2.37. The lowest BCUT2D eigenvalue weighted by Gasteiger charge is -2.28. The van der Waals surface area contributed by atoms with Gasteiger partial charge in [0, 0.05) is 12.6 Å². The van der Waals surface area contributed by atoms with Gasteiger partial charge in [-0.05, 0) is 30.2 Å². The number of carbonyl (C=O) groups excluding carboxylic acids is 2. The van der Waals surface area contributed by atoms with E-state index < -0.39 is 17.7 Å². The van der Waals surface area contributed by atoms with Crippen LogP contribution in [0.25, 0.3) is 0 Å². The first kappa shape index (κ1) is 18.5. The van der Waals surface area contributed by atoms with Crippen LogP contribution in [0, 0.1) is 12.7 Å². The average molecular weight is 361 g/mol. The average Bonchev–Trinajstić information content (AvgIpc) is 2.70. The van der Waals surface area contributed by atoms with Crippen LogP contribution in [0.5, 0.6) is 0 Å². The van der Waals surface area contributed by atoms with Gasteiger partial charge < -0.3 is 4.90 Å². The largest absolute Gasteiger partial charge is 0.328 e. The fraction of sp³-hybridized carbons (Fsp3) is 0.130. The Morgan fingerprint density at radius 3 is 1.96 bits per heavy atom. The number of carbonyl (C=O) groups is 2. The van der Waals surface area contributed by atoms with Crippen molar-refractivity contribution < 1.29 is 14.0 Å². The van der Waals surface area contributed by atoms with Gasteiger partial charge in [-0.2, -0.15) is 0 Å². The van der Waals surface area contributed by atoms with Crippen LogP contribution >= 0.6 is 0 Å². The molecule has 0 heterocycles. The van der Waals surface area contributed by atoms with Crippen molar-refractivity contribution in [2.24, 2.45) is 0 Å². The monoisotopic (exact) mass is 361 g/mol. The summed E-state index contributed by atoms with van der Waals surface area (Å²) in [5.41, 5.74) is 2.94. The van der Waals surface area contributed by atoms with E-state index in [1.165, 1.54) is 17.0 Å². The zero-order valence-corrected chi connectivity index (χ0v) is 15.2. The molecule has 27 heavy (non-hydrogen) atoms. The van der Waals surface area contributed by atoms with Crippen molar-refractivity contribution in [2.45, 2.75) is 13.0 Å². The maximum Gasteiger partial charge on any atom is 0.295 e. The predicted octanol–water partition coefficient (Wildman–Crippen LogP) is 4.56. The minimum atomic E-state index is -0.614. The minimum Gasteiger partial charge on any atom is -0.328 e. The molecule has 0 aliphatic rings. The molecular weight excluding hydrogens is 341 g/mol. The normalized spacial score (nSPS) is 11.7. The van der Waals surface area contributed by atoms with Gasteiger partial charge in [0.2, 0.25) is 5.78 Å². The second kappa shape index (κ2) is 7.96. The fourth-order valence-corrected chi connectivity index (χ4v) is 3.03. The molecule has 0 fully saturated rings. The second-order valence-electron chi connectivity index (χ2n) is 6.48. The summed E-state index contributed by atoms with van der Waals surface area (Å²) in [5.74, 6) is -1.53. The molecule has 4 heteroatoms. The highest BCUT2D eigenvalue weighted by Crippen LogP contribution is 2.28. The lowest BCUT2D eigenvalue weighted by molar-refractivity contribution is -0.126. The van der Waals surface area contributed by atoms with Gasteiger partial charge in [-0.25, -0.2) is 4.39 Å². The van der Waals surface area contributed by atoms with Crippen LogP contribution in [0.15, 0.2) is 78.9 Å². The molecule has 1 atom stereocenters. The van der Waals surface area contributed by atoms with E-state index in [4.69, 9.17) is 0 Å². The molecule has 136 valence electrons. The van der Waals surface area contributed by atoms with Crippen molar-refractivity contribution >= 4 is 11.7 Å². The molecule has 1 amide bonds. The van der Waals surface area contributed by atoms with Gasteiger partial charge in [-0.1, -0.05) is 72.3 Å². The summed E-state index contributed by atoms with van der Waals surface area (Å²) in [7, 11) is 1.59. The van der Waals surface area contributed by atoms with E-state index in [0.29, 0.717) is 5.56 Å². The molecule has 0 aliphatic heterocycles. The third-order valence-electron chi connectivity index (χ3n) is 4.52. The number of Topliss-reactive ketones (excluding diaryl/α,β-unsaturated/α-hetero) is 1. The summed E-state index contributed by atoms with van der Waals surface area (Å²) in [6.45, 7) is 1.92. The van der Waals surface area contributed by atoms with E-state index >= 15 is 0 Å². The van der Waals surface area contributed by atoms with Crippen LogP contribution in [-0.2, 0) is 4.79 Å². The first-order valence-corrected chi connectivity index (χ1v) is 8.66. The van der Waals surface area contributed by atoms with Gasteiger partial charge in [0.15, 0.2) is 0 Å². The molecule has 0 bridgehead atoms. The zero-order chi connectivity index (χ0) is 19.4. The Bertz CT molecular complexity index is 934. The van der Waals surface area contributed by atoms with Crippen LogP contribution in [-0.4, -0.2) is 23.6 Å². The highest BCUT2D eigenvalue weighted by molar-refractivity contribution is 6.42. The Morgan fingerprint density at radius 1 is 0.815 bits per heavy atom. The summed E-state index contributed by atoms with van der Waals surface area (Å²) < 4.78 is 13.4. The highest BCUT2D eigenvalue weighted by atomic mass is 19.1. The maximum atomic E-state index is 13.4. The van der Waals surface area contributed by atoms with E-state index in [1.54, 1.807) is 43.4 Å². The van der Waals surface area contributed by atoms with Crippen molar-refractivity contribution in [2.75, 3.05) is 7.05 Å². The topological polar surface area (TPSA) is 37.4 Å². The third kappa shape index (κ3) is 4.11. The Kier molecular flexibility index (Phi) is 5.46. The van der Waals surface area contributed by atoms with E-state index in [0.717, 1.165) is 16.7 Å². The molecule has 3 aromatic rings. The summed E-state index contributed by atoms with van der Waals surface area (Å²) in [5, 5.41) is 0. The number of nitrogens with zero attached hydrogens (tertiary/aromatic N) is 1. The van der Waals surface area contributed by atoms with E-state index in [2.05, 4.69) is 0 Å². The number of halogens is 1. The number of aryl methyl sites for hydroxylation is 1. The van der Waals surface area contributed by atoms with Gasteiger partial charge in [0.1, 0.15) is 5.82 Å². The van der Waals surface area contributed by atoms with Crippen molar-refractivity contribution in [3.8, 4) is 0 Å². The lowest BCUT2D eigenvalue weighted by atomic mass is 9.96. The Hall–Kier alpha value is -3.27. The van der Waals surface area contributed by atoms with Crippen molar-refractivity contribution in [1.82, 2.24) is 4.90 Å². The van der Waals surface area contributed by atoms with Crippen LogP contribution in [0.1, 0.15) is 33.1 Å². The Morgan fingerprint density at radius 2 is 1.37 bits per heavy atom. The summed E-state index contributed by atoms with van der Waals surface area (Å²) in [4.78, 5) is 27.0. The molecule has 0 spiro atoms. The van der Waals surface area contributed by atoms with Crippen molar-refractivity contribution in [1.29, 1.82) is 0 Å². The Labute approximate surface area is 158 Å². The molecule has 3 rings (SSSR count). The number of likely N-dealkylation sites (N-methyl/N-ethyl adjacent to an activating group) is 1. The second-order valence-corrected chi connectivity index (χ2v) is 6.48. The van der Waals surface area contributed by atoms with E-state index in [-0.39, 0.29) is 5.82 Å². The van der Waals surface area contributed by atoms with Gasteiger partial charge in [-0.15, -0.1) is 0 Å². The number of hydrogen-bond acceptors (Lipinski definition) is 2. The number of benzene rings is 3. The molecule has 3 aromatic carbocycles. The molecule has 3 nitrogen and oxygen atoms in total. The molecule has 0 N–H and O–H groups in total. The van der Waals surface area contributed by atoms with Gasteiger partial charge in [-0.3, -0.25) is 9.59 Å². The number of ketones is 1. The van der Waals surface area contributed by atoms with Crippen molar-refractivity contribution in [3.63, 3.8) is 0 Å². The van der Waals surface area contributed by atoms with Crippen LogP contribution in [0.3, 0.4) is 0 Å². The first-order valence-electron chi connectivity index (χ1n) is 8.66. The molecule has 0 saturated heterocycles. The minimum absolute atomic E-state index is 0.350. The smallest absolute Gasteiger partial charge is 0.295 e. The molecule has 0 saturated carbocycles. The summed E-state index contributed by atoms with van der Waals surface area (Å²) >= 11 is 0. The quantitative estimate of drug-likeness (QED) is 0.493. The molecule has 0 aliphatic carbocycles. The van der Waals surface area contributed by atoms with E-state index in [1.807, 2.05) is 37.3 Å². The molecular formula is C23H20FNO2. The predicted molar refractivity (Wildman–Crippen MR) is 103 cm³/mol. The van der Waals surface area contributed by atoms with Gasteiger partial charge in [0.05, 0.1) is 6.04 Å². The maximum absolute atomic E-state index is 13.4.